The van der Waals surface area contributed by atoms with Crippen LogP contribution in [0.5, 0.6) is 0 Å². The molecule has 4 heterocycles. The van der Waals surface area contributed by atoms with Crippen LogP contribution < -0.4 is 10.6 Å². The zero-order chi connectivity index (χ0) is 25.1. The molecule has 0 unspecified atom stereocenters. The number of nitrogens with two attached hydrogens (primary N) is 1. The number of unbranched alkanes of at least 4 members (excludes halogenated alkanes) is 1. The molecular formula is C28H34N6O2. The molecule has 3 aromatic heterocycles. The Morgan fingerprint density at radius 1 is 1.00 bits per heavy atom. The summed E-state index contributed by atoms with van der Waals surface area (Å²) >= 11 is 0. The number of aromatic nitrogens is 4. The van der Waals surface area contributed by atoms with E-state index in [0.29, 0.717) is 18.1 Å². The minimum Gasteiger partial charge on any atom is -0.390 e. The fourth-order valence-electron chi connectivity index (χ4n) is 4.98. The van der Waals surface area contributed by atoms with Gasteiger partial charge in [-0.3, -0.25) is 4.98 Å². The number of benzene rings is 1. The van der Waals surface area contributed by atoms with Gasteiger partial charge in [0.25, 0.3) is 0 Å². The summed E-state index contributed by atoms with van der Waals surface area (Å²) in [7, 11) is 0. The standard InChI is InChI=1S/C28H34N6O2/c1-19-16-33(17-20(2)36-19)26-13-21(25-10-5-8-22(31-25)7-3-4-12-29)14-27-24(26)15-30-34(27)28-11-6-9-23(18-35)32-28/h5-6,8-11,13-15,19-20,35H,3-4,7,12,16-18,29H2,1-2H3/t19-,20-/m0/s1. The van der Waals surface area contributed by atoms with Crippen molar-refractivity contribution in [1.29, 1.82) is 0 Å². The Kier molecular flexibility index (Phi) is 7.27. The lowest BCUT2D eigenvalue weighted by molar-refractivity contribution is -0.00513. The van der Waals surface area contributed by atoms with Crippen LogP contribution in [0.3, 0.4) is 0 Å². The highest BCUT2D eigenvalue weighted by atomic mass is 16.5. The molecule has 1 aliphatic rings. The monoisotopic (exact) mass is 486 g/mol. The summed E-state index contributed by atoms with van der Waals surface area (Å²) in [5.41, 5.74) is 11.4. The molecule has 3 N–H and O–H groups in total. The van der Waals surface area contributed by atoms with E-state index in [-0.39, 0.29) is 18.8 Å². The topological polar surface area (TPSA) is 102 Å². The van der Waals surface area contributed by atoms with E-state index in [9.17, 15) is 5.11 Å². The molecule has 1 aliphatic heterocycles. The largest absolute Gasteiger partial charge is 0.390 e. The maximum Gasteiger partial charge on any atom is 0.154 e. The van der Waals surface area contributed by atoms with E-state index in [1.54, 1.807) is 0 Å². The number of pyridine rings is 2. The van der Waals surface area contributed by atoms with Gasteiger partial charge in [0.2, 0.25) is 0 Å². The van der Waals surface area contributed by atoms with Crippen LogP contribution in [0.2, 0.25) is 0 Å². The van der Waals surface area contributed by atoms with Gasteiger partial charge in [-0.15, -0.1) is 0 Å². The molecular weight excluding hydrogens is 452 g/mol. The van der Waals surface area contributed by atoms with Crippen LogP contribution in [0.4, 0.5) is 5.69 Å². The van der Waals surface area contributed by atoms with Gasteiger partial charge in [-0.05, 0) is 76.1 Å². The van der Waals surface area contributed by atoms with Crippen molar-refractivity contribution in [3.63, 3.8) is 0 Å². The Morgan fingerprint density at radius 3 is 2.56 bits per heavy atom. The molecule has 1 aromatic carbocycles. The van der Waals surface area contributed by atoms with E-state index in [2.05, 4.69) is 54.1 Å². The number of anilines is 1. The van der Waals surface area contributed by atoms with Gasteiger partial charge >= 0.3 is 0 Å². The van der Waals surface area contributed by atoms with Gasteiger partial charge in [0.1, 0.15) is 0 Å². The zero-order valence-electron chi connectivity index (χ0n) is 21.0. The number of rotatable bonds is 8. The first-order valence-electron chi connectivity index (χ1n) is 12.7. The van der Waals surface area contributed by atoms with E-state index in [4.69, 9.17) is 20.6 Å². The Hall–Kier alpha value is -3.33. The van der Waals surface area contributed by atoms with E-state index in [1.165, 1.54) is 0 Å². The Morgan fingerprint density at radius 2 is 1.78 bits per heavy atom. The molecule has 0 radical (unpaired) electrons. The van der Waals surface area contributed by atoms with E-state index >= 15 is 0 Å². The first-order valence-corrected chi connectivity index (χ1v) is 12.7. The summed E-state index contributed by atoms with van der Waals surface area (Å²) in [6.07, 6.45) is 5.11. The van der Waals surface area contributed by atoms with Crippen molar-refractivity contribution in [2.45, 2.75) is 51.9 Å². The molecule has 1 saturated heterocycles. The maximum absolute atomic E-state index is 9.61. The van der Waals surface area contributed by atoms with Gasteiger partial charge in [0, 0.05) is 35.4 Å². The average Bonchev–Trinajstić information content (AvgIpc) is 3.32. The van der Waals surface area contributed by atoms with Crippen LogP contribution in [0.25, 0.3) is 28.0 Å². The molecule has 0 amide bonds. The molecule has 4 aromatic rings. The van der Waals surface area contributed by atoms with Crippen LogP contribution in [-0.2, 0) is 17.8 Å². The summed E-state index contributed by atoms with van der Waals surface area (Å²) in [6.45, 7) is 6.42. The third-order valence-corrected chi connectivity index (χ3v) is 6.59. The highest BCUT2D eigenvalue weighted by molar-refractivity contribution is 5.96. The SMILES string of the molecule is C[C@H]1CN(c2cc(-c3cccc(CCCCN)n3)cc3c2cnn3-c2cccc(CO)n2)C[C@H](C)O1. The van der Waals surface area contributed by atoms with Crippen molar-refractivity contribution in [1.82, 2.24) is 19.7 Å². The fraction of sp³-hybridized carbons (Fsp3) is 0.393. The number of aryl methyl sites for hydroxylation is 1. The van der Waals surface area contributed by atoms with Crippen molar-refractivity contribution in [2.24, 2.45) is 5.73 Å². The quantitative estimate of drug-likeness (QED) is 0.365. The van der Waals surface area contributed by atoms with Crippen molar-refractivity contribution < 1.29 is 9.84 Å². The second-order valence-corrected chi connectivity index (χ2v) is 9.55. The van der Waals surface area contributed by atoms with Crippen LogP contribution in [-0.4, -0.2) is 56.7 Å². The molecule has 5 rings (SSSR count). The van der Waals surface area contributed by atoms with Crippen molar-refractivity contribution in [3.8, 4) is 17.1 Å². The summed E-state index contributed by atoms with van der Waals surface area (Å²) in [5.74, 6) is 0.673. The van der Waals surface area contributed by atoms with Gasteiger partial charge < -0.3 is 20.5 Å². The van der Waals surface area contributed by atoms with Gasteiger partial charge in [-0.2, -0.15) is 5.10 Å². The zero-order valence-corrected chi connectivity index (χ0v) is 21.0. The predicted octanol–water partition coefficient (Wildman–Crippen LogP) is 3.87. The number of ether oxygens (including phenoxy) is 1. The molecule has 0 bridgehead atoms. The van der Waals surface area contributed by atoms with E-state index < -0.39 is 0 Å². The highest BCUT2D eigenvalue weighted by Gasteiger charge is 2.25. The van der Waals surface area contributed by atoms with Crippen LogP contribution in [0.15, 0.2) is 54.7 Å². The lowest BCUT2D eigenvalue weighted by atomic mass is 10.0. The number of fused-ring (bicyclic) bond motifs is 1. The van der Waals surface area contributed by atoms with Crippen molar-refractivity contribution >= 4 is 16.6 Å². The molecule has 0 aliphatic carbocycles. The molecule has 0 saturated carbocycles. The van der Waals surface area contributed by atoms with Crippen LogP contribution in [0, 0.1) is 0 Å². The molecule has 8 heteroatoms. The fourth-order valence-corrected chi connectivity index (χ4v) is 4.98. The van der Waals surface area contributed by atoms with E-state index in [0.717, 1.165) is 65.9 Å². The first kappa shape index (κ1) is 24.4. The van der Waals surface area contributed by atoms with Crippen molar-refractivity contribution in [2.75, 3.05) is 24.5 Å². The van der Waals surface area contributed by atoms with Crippen LogP contribution in [0.1, 0.15) is 38.1 Å². The smallest absolute Gasteiger partial charge is 0.154 e. The van der Waals surface area contributed by atoms with Crippen LogP contribution >= 0.6 is 0 Å². The number of hydrogen-bond acceptors (Lipinski definition) is 7. The number of hydrogen-bond donors (Lipinski definition) is 2. The number of aliphatic hydroxyl groups is 1. The molecule has 2 atom stereocenters. The summed E-state index contributed by atoms with van der Waals surface area (Å²) in [4.78, 5) is 12.0. The molecule has 0 spiro atoms. The second-order valence-electron chi connectivity index (χ2n) is 9.55. The molecule has 1 fully saturated rings. The van der Waals surface area contributed by atoms with Gasteiger partial charge in [-0.1, -0.05) is 12.1 Å². The minimum atomic E-state index is -0.117. The summed E-state index contributed by atoms with van der Waals surface area (Å²) in [5, 5.41) is 15.4. The number of nitrogens with zero attached hydrogens (tertiary/aromatic N) is 5. The second kappa shape index (κ2) is 10.7. The Labute approximate surface area is 211 Å². The predicted molar refractivity (Wildman–Crippen MR) is 142 cm³/mol. The third kappa shape index (κ3) is 5.11. The Bertz CT molecular complexity index is 1330. The number of morpholine rings is 1. The molecule has 8 nitrogen and oxygen atoms in total. The normalized spacial score (nSPS) is 18.2. The van der Waals surface area contributed by atoms with Crippen molar-refractivity contribution in [3.05, 3.63) is 66.1 Å². The maximum atomic E-state index is 9.61. The highest BCUT2D eigenvalue weighted by Crippen LogP contribution is 2.35. The Balaban J connectivity index is 1.64. The number of aliphatic hydroxyl groups excluding tert-OH is 1. The van der Waals surface area contributed by atoms with E-state index in [1.807, 2.05) is 29.1 Å². The van der Waals surface area contributed by atoms with Gasteiger partial charge in [0.05, 0.1) is 41.9 Å². The lowest BCUT2D eigenvalue weighted by Crippen LogP contribution is -2.45. The molecule has 36 heavy (non-hydrogen) atoms. The summed E-state index contributed by atoms with van der Waals surface area (Å²) in [6, 6.07) is 16.2. The molecule has 188 valence electrons. The summed E-state index contributed by atoms with van der Waals surface area (Å²) < 4.78 is 7.86. The lowest BCUT2D eigenvalue weighted by Gasteiger charge is -2.37. The average molecular weight is 487 g/mol. The van der Waals surface area contributed by atoms with Gasteiger partial charge in [-0.25, -0.2) is 9.67 Å². The van der Waals surface area contributed by atoms with Gasteiger partial charge in [0.15, 0.2) is 5.82 Å². The minimum absolute atomic E-state index is 0.117. The first-order chi connectivity index (χ1) is 17.6. The third-order valence-electron chi connectivity index (χ3n) is 6.59.